The number of phenols is 1. The van der Waals surface area contributed by atoms with Crippen LogP contribution >= 0.6 is 0 Å². The van der Waals surface area contributed by atoms with Crippen molar-refractivity contribution in [1.29, 1.82) is 0 Å². The van der Waals surface area contributed by atoms with Crippen molar-refractivity contribution in [3.8, 4) is 5.75 Å². The number of hydrogen-bond donors (Lipinski definition) is 2. The van der Waals surface area contributed by atoms with E-state index < -0.39 is 0 Å². The third-order valence-electron chi connectivity index (χ3n) is 2.22. The van der Waals surface area contributed by atoms with Gasteiger partial charge >= 0.3 is 0 Å². The maximum absolute atomic E-state index is 9.57. The summed E-state index contributed by atoms with van der Waals surface area (Å²) in [6.45, 7) is 1.79. The average molecular weight is 219 g/mol. The Labute approximate surface area is 92.9 Å². The Kier molecular flexibility index (Phi) is 2.87. The summed E-state index contributed by atoms with van der Waals surface area (Å²) in [4.78, 5) is 4.13. The molecule has 1 aromatic carbocycles. The van der Waals surface area contributed by atoms with Crippen LogP contribution in [-0.4, -0.2) is 15.2 Å². The highest BCUT2D eigenvalue weighted by atomic mass is 16.5. The van der Waals surface area contributed by atoms with E-state index in [1.807, 2.05) is 12.1 Å². The number of nitrogens with zero attached hydrogens (tertiary/aromatic N) is 2. The van der Waals surface area contributed by atoms with Crippen LogP contribution in [-0.2, 0) is 6.42 Å². The number of phenolic OH excluding ortho intramolecular Hbond substituents is 1. The quantitative estimate of drug-likeness (QED) is 0.814. The molecule has 5 nitrogen and oxygen atoms in total. The largest absolute Gasteiger partial charge is 0.508 e. The predicted octanol–water partition coefficient (Wildman–Crippen LogP) is 1.39. The topological polar surface area (TPSA) is 85.2 Å². The number of para-hydroxylation sites is 1. The van der Waals surface area contributed by atoms with E-state index in [2.05, 4.69) is 10.1 Å². The third-order valence-corrected chi connectivity index (χ3v) is 2.22. The van der Waals surface area contributed by atoms with Crippen molar-refractivity contribution in [2.45, 2.75) is 19.4 Å². The van der Waals surface area contributed by atoms with Crippen LogP contribution in [0, 0.1) is 0 Å². The molecule has 16 heavy (non-hydrogen) atoms. The van der Waals surface area contributed by atoms with Gasteiger partial charge < -0.3 is 15.4 Å². The van der Waals surface area contributed by atoms with Gasteiger partial charge in [0.1, 0.15) is 5.75 Å². The van der Waals surface area contributed by atoms with Gasteiger partial charge in [0.2, 0.25) is 5.89 Å². The molecule has 0 bridgehead atoms. The normalized spacial score (nSPS) is 12.6. The Bertz CT molecular complexity index is 480. The summed E-state index contributed by atoms with van der Waals surface area (Å²) in [5.74, 6) is 1.15. The molecule has 84 valence electrons. The standard InChI is InChI=1S/C11H13N3O2/c1-7(12)11-13-10(16-14-11)6-8-4-2-3-5-9(8)15/h2-5,7,15H,6,12H2,1H3. The predicted molar refractivity (Wildman–Crippen MR) is 57.8 cm³/mol. The summed E-state index contributed by atoms with van der Waals surface area (Å²) >= 11 is 0. The summed E-state index contributed by atoms with van der Waals surface area (Å²) in [6.07, 6.45) is 0.409. The minimum absolute atomic E-state index is 0.225. The van der Waals surface area contributed by atoms with Crippen molar-refractivity contribution in [2.75, 3.05) is 0 Å². The highest BCUT2D eigenvalue weighted by Gasteiger charge is 2.11. The van der Waals surface area contributed by atoms with E-state index in [0.29, 0.717) is 18.1 Å². The van der Waals surface area contributed by atoms with Crippen molar-refractivity contribution in [1.82, 2.24) is 10.1 Å². The molecule has 0 saturated carbocycles. The van der Waals surface area contributed by atoms with E-state index in [1.54, 1.807) is 19.1 Å². The highest BCUT2D eigenvalue weighted by molar-refractivity contribution is 5.33. The molecule has 0 aliphatic heterocycles. The SMILES string of the molecule is CC(N)c1noc(Cc2ccccc2O)n1. The zero-order valence-electron chi connectivity index (χ0n) is 8.92. The minimum atomic E-state index is -0.248. The Hall–Kier alpha value is -1.88. The third kappa shape index (κ3) is 2.20. The molecule has 0 amide bonds. The van der Waals surface area contributed by atoms with E-state index in [-0.39, 0.29) is 11.8 Å². The van der Waals surface area contributed by atoms with Crippen LogP contribution in [0.15, 0.2) is 28.8 Å². The Balaban J connectivity index is 2.18. The second-order valence-corrected chi connectivity index (χ2v) is 3.64. The Morgan fingerprint density at radius 3 is 2.81 bits per heavy atom. The first kappa shape index (κ1) is 10.6. The van der Waals surface area contributed by atoms with Crippen molar-refractivity contribution >= 4 is 0 Å². The lowest BCUT2D eigenvalue weighted by atomic mass is 10.1. The number of aromatic nitrogens is 2. The maximum atomic E-state index is 9.57. The molecule has 2 aromatic rings. The molecule has 1 aromatic heterocycles. The molecule has 1 atom stereocenters. The second kappa shape index (κ2) is 4.32. The molecule has 0 fully saturated rings. The number of benzene rings is 1. The van der Waals surface area contributed by atoms with Crippen LogP contribution in [0.3, 0.4) is 0 Å². The van der Waals surface area contributed by atoms with Gasteiger partial charge in [-0.1, -0.05) is 23.4 Å². The Morgan fingerprint density at radius 2 is 2.19 bits per heavy atom. The van der Waals surface area contributed by atoms with Gasteiger partial charge in [0, 0.05) is 5.56 Å². The monoisotopic (exact) mass is 219 g/mol. The minimum Gasteiger partial charge on any atom is -0.508 e. The summed E-state index contributed by atoms with van der Waals surface area (Å²) in [6, 6.07) is 6.79. The van der Waals surface area contributed by atoms with Gasteiger partial charge in [-0.15, -0.1) is 0 Å². The molecule has 0 aliphatic carbocycles. The lowest BCUT2D eigenvalue weighted by Gasteiger charge is -1.99. The fourth-order valence-corrected chi connectivity index (χ4v) is 1.35. The number of aromatic hydroxyl groups is 1. The molecular weight excluding hydrogens is 206 g/mol. The second-order valence-electron chi connectivity index (χ2n) is 3.64. The number of nitrogens with two attached hydrogens (primary N) is 1. The van der Waals surface area contributed by atoms with Crippen molar-refractivity contribution in [3.63, 3.8) is 0 Å². The van der Waals surface area contributed by atoms with Gasteiger partial charge in [-0.05, 0) is 13.0 Å². The van der Waals surface area contributed by atoms with Gasteiger partial charge in [0.15, 0.2) is 5.82 Å². The van der Waals surface area contributed by atoms with Gasteiger partial charge in [-0.2, -0.15) is 4.98 Å². The van der Waals surface area contributed by atoms with Gasteiger partial charge in [-0.25, -0.2) is 0 Å². The molecule has 0 radical (unpaired) electrons. The van der Waals surface area contributed by atoms with Crippen LogP contribution in [0.5, 0.6) is 5.75 Å². The van der Waals surface area contributed by atoms with Crippen LogP contribution in [0.1, 0.15) is 30.2 Å². The van der Waals surface area contributed by atoms with Crippen molar-refractivity contribution < 1.29 is 9.63 Å². The zero-order chi connectivity index (χ0) is 11.5. The Morgan fingerprint density at radius 1 is 1.44 bits per heavy atom. The molecule has 0 saturated heterocycles. The zero-order valence-corrected chi connectivity index (χ0v) is 8.92. The first-order valence-corrected chi connectivity index (χ1v) is 5.01. The first-order chi connectivity index (χ1) is 7.66. The molecule has 3 N–H and O–H groups in total. The maximum Gasteiger partial charge on any atom is 0.231 e. The van der Waals surface area contributed by atoms with Gasteiger partial charge in [0.05, 0.1) is 12.5 Å². The lowest BCUT2D eigenvalue weighted by molar-refractivity contribution is 0.374. The van der Waals surface area contributed by atoms with Gasteiger partial charge in [-0.3, -0.25) is 0 Å². The number of hydrogen-bond acceptors (Lipinski definition) is 5. The number of rotatable bonds is 3. The first-order valence-electron chi connectivity index (χ1n) is 5.01. The van der Waals surface area contributed by atoms with E-state index >= 15 is 0 Å². The molecule has 1 heterocycles. The molecule has 1 unspecified atom stereocenters. The lowest BCUT2D eigenvalue weighted by Crippen LogP contribution is -2.06. The summed E-state index contributed by atoms with van der Waals surface area (Å²) in [5, 5.41) is 13.3. The molecule has 0 spiro atoms. The molecular formula is C11H13N3O2. The highest BCUT2D eigenvalue weighted by Crippen LogP contribution is 2.19. The fourth-order valence-electron chi connectivity index (χ4n) is 1.35. The smallest absolute Gasteiger partial charge is 0.231 e. The van der Waals surface area contributed by atoms with Crippen LogP contribution < -0.4 is 5.73 Å². The molecule has 0 aliphatic rings. The molecule has 5 heteroatoms. The van der Waals surface area contributed by atoms with Gasteiger partial charge in [0.25, 0.3) is 0 Å². The summed E-state index contributed by atoms with van der Waals surface area (Å²) in [5.41, 5.74) is 6.37. The summed E-state index contributed by atoms with van der Waals surface area (Å²) in [7, 11) is 0. The van der Waals surface area contributed by atoms with E-state index in [1.165, 1.54) is 0 Å². The van der Waals surface area contributed by atoms with Crippen molar-refractivity contribution in [3.05, 3.63) is 41.5 Å². The van der Waals surface area contributed by atoms with E-state index in [9.17, 15) is 5.11 Å². The summed E-state index contributed by atoms with van der Waals surface area (Å²) < 4.78 is 5.03. The van der Waals surface area contributed by atoms with Crippen molar-refractivity contribution in [2.24, 2.45) is 5.73 Å². The van der Waals surface area contributed by atoms with E-state index in [4.69, 9.17) is 10.3 Å². The average Bonchev–Trinajstić information content (AvgIpc) is 2.70. The van der Waals surface area contributed by atoms with E-state index in [0.717, 1.165) is 5.56 Å². The molecule has 2 rings (SSSR count). The van der Waals surface area contributed by atoms with Crippen LogP contribution in [0.4, 0.5) is 0 Å². The fraction of sp³-hybridized carbons (Fsp3) is 0.273. The van der Waals surface area contributed by atoms with Crippen LogP contribution in [0.2, 0.25) is 0 Å². The van der Waals surface area contributed by atoms with Crippen LogP contribution in [0.25, 0.3) is 0 Å².